The van der Waals surface area contributed by atoms with Crippen molar-refractivity contribution >= 4 is 0 Å². The van der Waals surface area contributed by atoms with Crippen LogP contribution in [-0.4, -0.2) is 19.2 Å². The van der Waals surface area contributed by atoms with E-state index in [4.69, 9.17) is 15.2 Å². The number of hydrogen-bond donors (Lipinski definition) is 1. The van der Waals surface area contributed by atoms with Crippen LogP contribution in [0.5, 0.6) is 11.6 Å². The van der Waals surface area contributed by atoms with Crippen molar-refractivity contribution in [2.45, 2.75) is 12.5 Å². The van der Waals surface area contributed by atoms with Gasteiger partial charge in [0.15, 0.2) is 0 Å². The van der Waals surface area contributed by atoms with Crippen molar-refractivity contribution in [1.82, 2.24) is 4.98 Å². The van der Waals surface area contributed by atoms with E-state index in [1.54, 1.807) is 20.4 Å². The van der Waals surface area contributed by atoms with Gasteiger partial charge in [-0.05, 0) is 29.7 Å². The van der Waals surface area contributed by atoms with Crippen molar-refractivity contribution < 1.29 is 9.47 Å². The van der Waals surface area contributed by atoms with Crippen LogP contribution in [0, 0.1) is 0 Å². The Bertz CT molecular complexity index is 509. The highest BCUT2D eigenvalue weighted by Crippen LogP contribution is 2.19. The first-order valence-electron chi connectivity index (χ1n) is 6.11. The summed E-state index contributed by atoms with van der Waals surface area (Å²) in [5.74, 6) is 1.45. The number of aromatic nitrogens is 1. The summed E-state index contributed by atoms with van der Waals surface area (Å²) in [4.78, 5) is 4.17. The molecule has 0 saturated carbocycles. The molecule has 1 heterocycles. The molecule has 19 heavy (non-hydrogen) atoms. The first kappa shape index (κ1) is 13.4. The normalized spacial score (nSPS) is 11.9. The maximum atomic E-state index is 6.19. The van der Waals surface area contributed by atoms with Crippen LogP contribution in [0.15, 0.2) is 42.6 Å². The highest BCUT2D eigenvalue weighted by Gasteiger charge is 2.08. The Balaban J connectivity index is 2.04. The summed E-state index contributed by atoms with van der Waals surface area (Å²) in [5.41, 5.74) is 8.36. The molecule has 1 atom stereocenters. The lowest BCUT2D eigenvalue weighted by Gasteiger charge is -2.12. The van der Waals surface area contributed by atoms with Crippen molar-refractivity contribution in [2.75, 3.05) is 14.2 Å². The van der Waals surface area contributed by atoms with Crippen LogP contribution in [0.4, 0.5) is 0 Å². The molecule has 100 valence electrons. The number of benzene rings is 1. The number of rotatable bonds is 5. The second-order valence-electron chi connectivity index (χ2n) is 4.29. The Kier molecular flexibility index (Phi) is 4.36. The van der Waals surface area contributed by atoms with E-state index in [0.717, 1.165) is 23.3 Å². The molecule has 2 N–H and O–H groups in total. The topological polar surface area (TPSA) is 57.4 Å². The van der Waals surface area contributed by atoms with Gasteiger partial charge < -0.3 is 15.2 Å². The van der Waals surface area contributed by atoms with Crippen LogP contribution >= 0.6 is 0 Å². The van der Waals surface area contributed by atoms with E-state index < -0.39 is 0 Å². The third-order valence-electron chi connectivity index (χ3n) is 3.01. The quantitative estimate of drug-likeness (QED) is 0.894. The molecule has 0 spiro atoms. The SMILES string of the molecule is COc1ccc(C(N)Cc2ccc(OC)nc2)cc1. The summed E-state index contributed by atoms with van der Waals surface area (Å²) in [6.45, 7) is 0. The molecule has 0 aliphatic carbocycles. The Morgan fingerprint density at radius 1 is 1.05 bits per heavy atom. The van der Waals surface area contributed by atoms with E-state index in [1.807, 2.05) is 36.4 Å². The Morgan fingerprint density at radius 2 is 1.79 bits per heavy atom. The molecule has 0 aliphatic heterocycles. The number of ether oxygens (including phenoxy) is 2. The van der Waals surface area contributed by atoms with Gasteiger partial charge in [-0.3, -0.25) is 0 Å². The van der Waals surface area contributed by atoms with Gasteiger partial charge in [-0.25, -0.2) is 4.98 Å². The predicted molar refractivity (Wildman–Crippen MR) is 74.4 cm³/mol. The molecular weight excluding hydrogens is 240 g/mol. The number of hydrogen-bond acceptors (Lipinski definition) is 4. The largest absolute Gasteiger partial charge is 0.497 e. The first-order chi connectivity index (χ1) is 9.22. The van der Waals surface area contributed by atoms with Crippen molar-refractivity contribution in [1.29, 1.82) is 0 Å². The number of nitrogens with two attached hydrogens (primary N) is 1. The van der Waals surface area contributed by atoms with Crippen molar-refractivity contribution in [3.05, 3.63) is 53.7 Å². The number of nitrogens with zero attached hydrogens (tertiary/aromatic N) is 1. The molecule has 1 aromatic heterocycles. The molecule has 1 unspecified atom stereocenters. The predicted octanol–water partition coefficient (Wildman–Crippen LogP) is 2.34. The minimum Gasteiger partial charge on any atom is -0.497 e. The lowest BCUT2D eigenvalue weighted by atomic mass is 10.0. The van der Waals surface area contributed by atoms with Gasteiger partial charge >= 0.3 is 0 Å². The molecule has 0 radical (unpaired) electrons. The summed E-state index contributed by atoms with van der Waals surface area (Å²) in [6.07, 6.45) is 2.53. The van der Waals surface area contributed by atoms with Crippen LogP contribution in [0.2, 0.25) is 0 Å². The van der Waals surface area contributed by atoms with Crippen LogP contribution in [-0.2, 0) is 6.42 Å². The van der Waals surface area contributed by atoms with Crippen LogP contribution in [0.3, 0.4) is 0 Å². The average molecular weight is 258 g/mol. The summed E-state index contributed by atoms with van der Waals surface area (Å²) < 4.78 is 10.2. The van der Waals surface area contributed by atoms with Crippen molar-refractivity contribution in [3.63, 3.8) is 0 Å². The zero-order chi connectivity index (χ0) is 13.7. The second kappa shape index (κ2) is 6.20. The van der Waals surface area contributed by atoms with Gasteiger partial charge in [0.05, 0.1) is 14.2 Å². The monoisotopic (exact) mass is 258 g/mol. The Hall–Kier alpha value is -2.07. The lowest BCUT2D eigenvalue weighted by Crippen LogP contribution is -2.13. The van der Waals surface area contributed by atoms with Gasteiger partial charge in [0.1, 0.15) is 5.75 Å². The second-order valence-corrected chi connectivity index (χ2v) is 4.29. The van der Waals surface area contributed by atoms with Gasteiger partial charge in [-0.1, -0.05) is 18.2 Å². The van der Waals surface area contributed by atoms with Crippen molar-refractivity contribution in [3.8, 4) is 11.6 Å². The summed E-state index contributed by atoms with van der Waals surface area (Å²) >= 11 is 0. The highest BCUT2D eigenvalue weighted by molar-refractivity contribution is 5.30. The lowest BCUT2D eigenvalue weighted by molar-refractivity contribution is 0.397. The highest BCUT2D eigenvalue weighted by atomic mass is 16.5. The third kappa shape index (κ3) is 3.45. The molecule has 1 aromatic carbocycles. The molecule has 2 rings (SSSR count). The molecule has 0 amide bonds. The molecule has 2 aromatic rings. The van der Waals surface area contributed by atoms with Gasteiger partial charge in [0.25, 0.3) is 0 Å². The fourth-order valence-electron chi connectivity index (χ4n) is 1.88. The molecule has 0 bridgehead atoms. The minimum atomic E-state index is -0.0545. The van der Waals surface area contributed by atoms with E-state index in [-0.39, 0.29) is 6.04 Å². The Morgan fingerprint density at radius 3 is 2.32 bits per heavy atom. The summed E-state index contributed by atoms with van der Waals surface area (Å²) in [7, 11) is 3.25. The van der Waals surface area contributed by atoms with E-state index in [1.165, 1.54) is 0 Å². The standard InChI is InChI=1S/C15H18N2O2/c1-18-13-6-4-12(5-7-13)14(16)9-11-3-8-15(19-2)17-10-11/h3-8,10,14H,9,16H2,1-2H3. The number of methoxy groups -OCH3 is 2. The minimum absolute atomic E-state index is 0.0545. The molecule has 4 nitrogen and oxygen atoms in total. The number of pyridine rings is 1. The average Bonchev–Trinajstić information content (AvgIpc) is 2.48. The van der Waals surface area contributed by atoms with E-state index in [2.05, 4.69) is 4.98 Å². The smallest absolute Gasteiger partial charge is 0.212 e. The zero-order valence-corrected chi connectivity index (χ0v) is 11.2. The zero-order valence-electron chi connectivity index (χ0n) is 11.2. The maximum absolute atomic E-state index is 6.19. The molecule has 0 saturated heterocycles. The van der Waals surface area contributed by atoms with Crippen LogP contribution < -0.4 is 15.2 Å². The van der Waals surface area contributed by atoms with Gasteiger partial charge in [0.2, 0.25) is 5.88 Å². The fourth-order valence-corrected chi connectivity index (χ4v) is 1.88. The summed E-state index contributed by atoms with van der Waals surface area (Å²) in [6, 6.07) is 11.6. The summed E-state index contributed by atoms with van der Waals surface area (Å²) in [5, 5.41) is 0. The van der Waals surface area contributed by atoms with Crippen LogP contribution in [0.25, 0.3) is 0 Å². The van der Waals surface area contributed by atoms with Gasteiger partial charge in [-0.2, -0.15) is 0 Å². The molecule has 4 heteroatoms. The Labute approximate surface area is 113 Å². The van der Waals surface area contributed by atoms with Crippen molar-refractivity contribution in [2.24, 2.45) is 5.73 Å². The third-order valence-corrected chi connectivity index (χ3v) is 3.01. The van der Waals surface area contributed by atoms with E-state index >= 15 is 0 Å². The maximum Gasteiger partial charge on any atom is 0.212 e. The van der Waals surface area contributed by atoms with E-state index in [0.29, 0.717) is 5.88 Å². The van der Waals surface area contributed by atoms with Crippen LogP contribution in [0.1, 0.15) is 17.2 Å². The van der Waals surface area contributed by atoms with Gasteiger partial charge in [0, 0.05) is 18.3 Å². The molecule has 0 fully saturated rings. The first-order valence-corrected chi connectivity index (χ1v) is 6.11. The van der Waals surface area contributed by atoms with Gasteiger partial charge in [-0.15, -0.1) is 0 Å². The molecule has 0 aliphatic rings. The molecular formula is C15H18N2O2. The van der Waals surface area contributed by atoms with E-state index in [9.17, 15) is 0 Å². The fraction of sp³-hybridized carbons (Fsp3) is 0.267.